The number of alkyl halides is 3. The minimum Gasteiger partial charge on any atom is -0.458 e. The Morgan fingerprint density at radius 1 is 1.23 bits per heavy atom. The Morgan fingerprint density at radius 2 is 1.91 bits per heavy atom. The van der Waals surface area contributed by atoms with Gasteiger partial charge >= 0.3 is 21.5 Å². The molecule has 0 spiro atoms. The van der Waals surface area contributed by atoms with E-state index >= 15 is 0 Å². The number of hydrogen-bond donors (Lipinski definition) is 1. The number of ether oxygens (including phenoxy) is 1. The number of fused-ring (bicyclic) bond motifs is 1. The zero-order valence-electron chi connectivity index (χ0n) is 19.6. The van der Waals surface area contributed by atoms with Crippen LogP contribution in [0.2, 0.25) is 0 Å². The molecule has 1 aliphatic rings. The Balaban J connectivity index is 2.03. The molecule has 0 saturated carbocycles. The minimum absolute atomic E-state index is 0.0222. The number of azo groups is 1. The van der Waals surface area contributed by atoms with E-state index in [4.69, 9.17) is 4.74 Å². The summed E-state index contributed by atoms with van der Waals surface area (Å²) in [6, 6.07) is 2.97. The van der Waals surface area contributed by atoms with Crippen molar-refractivity contribution < 1.29 is 31.1 Å². The zero-order valence-corrected chi connectivity index (χ0v) is 21.3. The van der Waals surface area contributed by atoms with Crippen molar-refractivity contribution >= 4 is 49.5 Å². The Hall–Kier alpha value is -2.81. The predicted molar refractivity (Wildman–Crippen MR) is 125 cm³/mol. The van der Waals surface area contributed by atoms with E-state index in [1.54, 1.807) is 18.6 Å². The molecule has 1 N–H and O–H groups in total. The topological polar surface area (TPSA) is 126 Å². The second-order valence-electron chi connectivity index (χ2n) is 8.48. The fourth-order valence-electron chi connectivity index (χ4n) is 3.66. The van der Waals surface area contributed by atoms with Gasteiger partial charge in [0.1, 0.15) is 5.69 Å². The zero-order chi connectivity index (χ0) is 26.1. The van der Waals surface area contributed by atoms with E-state index in [9.17, 15) is 26.4 Å². The largest absolute Gasteiger partial charge is 0.516 e. The monoisotopic (exact) mass is 534 g/mol. The minimum atomic E-state index is -5.71. The van der Waals surface area contributed by atoms with Crippen LogP contribution >= 0.6 is 11.3 Å². The van der Waals surface area contributed by atoms with Crippen LogP contribution in [0.25, 0.3) is 0 Å². The SMILES string of the molecule is CC(C)OC(=O)c1nnc(N=Nc2cc3c(cc2NS(=O)(=O)C(F)(F)F)N(C(C)C)C(C)CC3)s1. The fraction of sp³-hybridized carbons (Fsp3) is 0.550. The molecule has 2 aromatic rings. The molecule has 1 aromatic heterocycles. The molecule has 10 nitrogen and oxygen atoms in total. The van der Waals surface area contributed by atoms with E-state index in [0.29, 0.717) is 12.1 Å². The molecule has 1 aliphatic heterocycles. The number of benzene rings is 1. The third-order valence-electron chi connectivity index (χ3n) is 5.06. The second kappa shape index (κ2) is 10.0. The van der Waals surface area contributed by atoms with Crippen LogP contribution in [0.5, 0.6) is 0 Å². The first-order valence-electron chi connectivity index (χ1n) is 10.7. The third kappa shape index (κ3) is 6.07. The summed E-state index contributed by atoms with van der Waals surface area (Å²) in [7, 11) is -5.71. The summed E-state index contributed by atoms with van der Waals surface area (Å²) in [5.74, 6) is -0.700. The van der Waals surface area contributed by atoms with E-state index in [1.165, 1.54) is 12.1 Å². The molecular weight excluding hydrogens is 509 g/mol. The van der Waals surface area contributed by atoms with Crippen LogP contribution in [0.1, 0.15) is 56.4 Å². The molecule has 1 aromatic carbocycles. The van der Waals surface area contributed by atoms with Gasteiger partial charge < -0.3 is 9.64 Å². The fourth-order valence-corrected chi connectivity index (χ4v) is 4.77. The number of esters is 1. The quantitative estimate of drug-likeness (QED) is 0.376. The number of rotatable bonds is 7. The summed E-state index contributed by atoms with van der Waals surface area (Å²) in [4.78, 5) is 14.0. The summed E-state index contributed by atoms with van der Waals surface area (Å²) in [6.45, 7) is 9.21. The molecule has 35 heavy (non-hydrogen) atoms. The summed E-state index contributed by atoms with van der Waals surface area (Å²) in [5.41, 5.74) is -4.62. The molecule has 192 valence electrons. The summed E-state index contributed by atoms with van der Waals surface area (Å²) >= 11 is 0.775. The average molecular weight is 535 g/mol. The van der Waals surface area contributed by atoms with Crippen molar-refractivity contribution in [2.24, 2.45) is 10.2 Å². The molecule has 0 saturated heterocycles. The van der Waals surface area contributed by atoms with Crippen molar-refractivity contribution in [2.75, 3.05) is 9.62 Å². The van der Waals surface area contributed by atoms with E-state index in [-0.39, 0.29) is 39.7 Å². The lowest BCUT2D eigenvalue weighted by molar-refractivity contribution is -0.0429. The van der Waals surface area contributed by atoms with Crippen LogP contribution < -0.4 is 9.62 Å². The molecular formula is C20H25F3N6O4S2. The molecule has 0 amide bonds. The summed E-state index contributed by atoms with van der Waals surface area (Å²) in [6.07, 6.45) is 1.05. The predicted octanol–water partition coefficient (Wildman–Crippen LogP) is 5.33. The van der Waals surface area contributed by atoms with Gasteiger partial charge in [0, 0.05) is 17.8 Å². The molecule has 2 heterocycles. The van der Waals surface area contributed by atoms with Crippen LogP contribution in [0, 0.1) is 0 Å². The number of hydrogen-bond acceptors (Lipinski definition) is 10. The van der Waals surface area contributed by atoms with Crippen molar-refractivity contribution in [1.82, 2.24) is 10.2 Å². The highest BCUT2D eigenvalue weighted by Crippen LogP contribution is 2.41. The summed E-state index contributed by atoms with van der Waals surface area (Å²) in [5, 5.41) is 15.1. The number of carbonyl (C=O) groups excluding carboxylic acids is 1. The van der Waals surface area contributed by atoms with Crippen molar-refractivity contribution in [3.63, 3.8) is 0 Å². The standard InChI is InChI=1S/C20H25F3N6O4S2/c1-10(2)29-12(5)6-7-13-8-14(15(9-16(13)29)28-35(31,32)20(21,22)23)24-26-19-27-25-17(34-19)18(30)33-11(3)4/h8-12,28H,6-7H2,1-5H3. The molecule has 15 heteroatoms. The van der Waals surface area contributed by atoms with Crippen LogP contribution in [-0.4, -0.2) is 48.3 Å². The molecule has 0 aliphatic carbocycles. The lowest BCUT2D eigenvalue weighted by atomic mass is 9.94. The van der Waals surface area contributed by atoms with Crippen molar-refractivity contribution in [3.05, 3.63) is 22.7 Å². The molecule has 0 radical (unpaired) electrons. The number of nitrogens with zero attached hydrogens (tertiary/aromatic N) is 5. The lowest BCUT2D eigenvalue weighted by Gasteiger charge is -2.40. The number of anilines is 2. The molecule has 0 bridgehead atoms. The first kappa shape index (κ1) is 26.8. The maximum Gasteiger partial charge on any atom is 0.516 e. The molecule has 3 rings (SSSR count). The Labute approximate surface area is 204 Å². The Kier molecular flexibility index (Phi) is 7.69. The van der Waals surface area contributed by atoms with Crippen LogP contribution in [0.4, 0.5) is 35.4 Å². The normalized spacial score (nSPS) is 16.7. The average Bonchev–Trinajstić information content (AvgIpc) is 3.19. The van der Waals surface area contributed by atoms with Gasteiger partial charge in [0.2, 0.25) is 5.01 Å². The third-order valence-corrected chi connectivity index (χ3v) is 6.95. The van der Waals surface area contributed by atoms with Gasteiger partial charge in [-0.05, 0) is 65.2 Å². The van der Waals surface area contributed by atoms with E-state index in [1.807, 2.05) is 25.7 Å². The van der Waals surface area contributed by atoms with Crippen LogP contribution in [0.15, 0.2) is 22.4 Å². The molecule has 1 unspecified atom stereocenters. The molecule has 1 atom stereocenters. The Bertz CT molecular complexity index is 1230. The first-order chi connectivity index (χ1) is 16.2. The van der Waals surface area contributed by atoms with Gasteiger partial charge in [-0.25, -0.2) is 4.79 Å². The lowest BCUT2D eigenvalue weighted by Crippen LogP contribution is -2.42. The van der Waals surface area contributed by atoms with Crippen LogP contribution in [0.3, 0.4) is 0 Å². The van der Waals surface area contributed by atoms with Gasteiger partial charge in [-0.2, -0.15) is 21.6 Å². The van der Waals surface area contributed by atoms with Gasteiger partial charge in [-0.3, -0.25) is 4.72 Å². The van der Waals surface area contributed by atoms with Gasteiger partial charge in [0.25, 0.3) is 5.13 Å². The summed E-state index contributed by atoms with van der Waals surface area (Å²) < 4.78 is 69.7. The number of aromatic nitrogens is 2. The highest BCUT2D eigenvalue weighted by atomic mass is 32.2. The Morgan fingerprint density at radius 3 is 2.51 bits per heavy atom. The highest BCUT2D eigenvalue weighted by Gasteiger charge is 2.46. The molecule has 0 fully saturated rings. The maximum atomic E-state index is 13.1. The van der Waals surface area contributed by atoms with Gasteiger partial charge in [0.15, 0.2) is 0 Å². The van der Waals surface area contributed by atoms with Crippen molar-refractivity contribution in [3.8, 4) is 0 Å². The van der Waals surface area contributed by atoms with E-state index < -0.39 is 21.5 Å². The highest BCUT2D eigenvalue weighted by molar-refractivity contribution is 7.93. The van der Waals surface area contributed by atoms with Crippen molar-refractivity contribution in [2.45, 2.75) is 71.2 Å². The van der Waals surface area contributed by atoms with E-state index in [0.717, 1.165) is 23.3 Å². The van der Waals surface area contributed by atoms with Crippen LogP contribution in [-0.2, 0) is 21.2 Å². The number of nitrogens with one attached hydrogen (secondary N) is 1. The maximum absolute atomic E-state index is 13.1. The van der Waals surface area contributed by atoms with Gasteiger partial charge in [0.05, 0.1) is 11.8 Å². The second-order valence-corrected chi connectivity index (χ2v) is 11.1. The number of halogens is 3. The number of carbonyl (C=O) groups is 1. The smallest absolute Gasteiger partial charge is 0.458 e. The first-order valence-corrected chi connectivity index (χ1v) is 13.0. The number of sulfonamides is 1. The van der Waals surface area contributed by atoms with Gasteiger partial charge in [-0.1, -0.05) is 11.3 Å². The van der Waals surface area contributed by atoms with Gasteiger partial charge in [-0.15, -0.1) is 20.4 Å². The number of aryl methyl sites for hydroxylation is 1. The van der Waals surface area contributed by atoms with E-state index in [2.05, 4.69) is 20.4 Å². The van der Waals surface area contributed by atoms with Crippen molar-refractivity contribution in [1.29, 1.82) is 0 Å².